The molecule has 0 radical (unpaired) electrons. The van der Waals surface area contributed by atoms with E-state index in [-0.39, 0.29) is 0 Å². The lowest BCUT2D eigenvalue weighted by atomic mass is 10.00. The predicted molar refractivity (Wildman–Crippen MR) is 87.9 cm³/mol. The molecule has 2 aromatic rings. The minimum atomic E-state index is 0.614. The van der Waals surface area contributed by atoms with E-state index in [4.69, 9.17) is 0 Å². The molecule has 1 aromatic heterocycles. The lowest BCUT2D eigenvalue weighted by molar-refractivity contribution is 0.0437. The molecule has 3 heteroatoms. The Labute approximate surface area is 127 Å². The molecule has 2 unspecified atom stereocenters. The summed E-state index contributed by atoms with van der Waals surface area (Å²) in [5, 5.41) is 3.70. The summed E-state index contributed by atoms with van der Waals surface area (Å²) in [4.78, 5) is 4.62. The zero-order valence-corrected chi connectivity index (χ0v) is 13.3. The number of piperidine rings is 1. The average Bonchev–Trinajstić information content (AvgIpc) is 2.46. The molecule has 1 N–H and O–H groups in total. The van der Waals surface area contributed by atoms with E-state index in [9.17, 15) is 0 Å². The number of para-hydroxylation sites is 1. The molecule has 3 nitrogen and oxygen atoms in total. The molecular weight excluding hydrogens is 258 g/mol. The Hall–Kier alpha value is -1.45. The van der Waals surface area contributed by atoms with Crippen molar-refractivity contribution in [2.45, 2.75) is 58.7 Å². The second-order valence-corrected chi connectivity index (χ2v) is 6.31. The number of fused-ring (bicyclic) bond motifs is 1. The molecule has 2 heterocycles. The van der Waals surface area contributed by atoms with Crippen LogP contribution in [0.3, 0.4) is 0 Å². The number of aromatic nitrogens is 1. The molecule has 0 aliphatic carbocycles. The summed E-state index contributed by atoms with van der Waals surface area (Å²) in [5.74, 6) is 0. The Morgan fingerprint density at radius 2 is 1.90 bits per heavy atom. The van der Waals surface area contributed by atoms with Gasteiger partial charge in [-0.05, 0) is 51.3 Å². The number of pyridine rings is 1. The highest BCUT2D eigenvalue weighted by Crippen LogP contribution is 2.22. The molecule has 1 aliphatic rings. The van der Waals surface area contributed by atoms with Gasteiger partial charge in [-0.15, -0.1) is 0 Å². The third-order valence-electron chi connectivity index (χ3n) is 4.58. The third-order valence-corrected chi connectivity index (χ3v) is 4.58. The lowest BCUT2D eigenvalue weighted by Gasteiger charge is -2.39. The molecule has 21 heavy (non-hydrogen) atoms. The fourth-order valence-corrected chi connectivity index (χ4v) is 3.45. The van der Waals surface area contributed by atoms with Crippen molar-refractivity contribution in [1.82, 2.24) is 15.4 Å². The van der Waals surface area contributed by atoms with Gasteiger partial charge in [0.2, 0.25) is 0 Å². The number of hydrogen-bond acceptors (Lipinski definition) is 3. The number of aryl methyl sites for hydroxylation is 1. The van der Waals surface area contributed by atoms with E-state index >= 15 is 0 Å². The fraction of sp³-hybridized carbons (Fsp3) is 0.500. The molecule has 0 amide bonds. The van der Waals surface area contributed by atoms with Crippen molar-refractivity contribution in [2.24, 2.45) is 0 Å². The summed E-state index contributed by atoms with van der Waals surface area (Å²) in [6.45, 7) is 7.58. The Balaban J connectivity index is 1.81. The third kappa shape index (κ3) is 3.09. The minimum Gasteiger partial charge on any atom is -0.253 e. The molecular formula is C18H25N3. The number of nitrogens with zero attached hydrogens (tertiary/aromatic N) is 2. The zero-order chi connectivity index (χ0) is 14.8. The van der Waals surface area contributed by atoms with Crippen LogP contribution in [0.15, 0.2) is 30.3 Å². The van der Waals surface area contributed by atoms with Crippen molar-refractivity contribution in [1.29, 1.82) is 0 Å². The van der Waals surface area contributed by atoms with Crippen LogP contribution in [0.1, 0.15) is 44.4 Å². The van der Waals surface area contributed by atoms with Gasteiger partial charge in [0, 0.05) is 29.7 Å². The Bertz CT molecular complexity index is 613. The SMILES string of the molecule is Cc1cc(CNN2C(C)CCCC2C)c2ccccc2n1. The summed E-state index contributed by atoms with van der Waals surface area (Å²) in [6, 6.07) is 11.8. The first-order valence-corrected chi connectivity index (χ1v) is 8.02. The molecule has 0 spiro atoms. The topological polar surface area (TPSA) is 28.2 Å². The quantitative estimate of drug-likeness (QED) is 0.928. The highest BCUT2D eigenvalue weighted by atomic mass is 15.5. The van der Waals surface area contributed by atoms with E-state index in [1.54, 1.807) is 0 Å². The average molecular weight is 283 g/mol. The lowest BCUT2D eigenvalue weighted by Crippen LogP contribution is -2.51. The highest BCUT2D eigenvalue weighted by Gasteiger charge is 2.24. The van der Waals surface area contributed by atoms with Crippen LogP contribution in [0.2, 0.25) is 0 Å². The summed E-state index contributed by atoms with van der Waals surface area (Å²) < 4.78 is 0. The fourth-order valence-electron chi connectivity index (χ4n) is 3.45. The van der Waals surface area contributed by atoms with Gasteiger partial charge >= 0.3 is 0 Å². The minimum absolute atomic E-state index is 0.614. The Morgan fingerprint density at radius 1 is 1.19 bits per heavy atom. The Morgan fingerprint density at radius 3 is 2.67 bits per heavy atom. The number of rotatable bonds is 3. The molecule has 3 rings (SSSR count). The van der Waals surface area contributed by atoms with Crippen LogP contribution >= 0.6 is 0 Å². The molecule has 112 valence electrons. The standard InChI is InChI=1S/C18H25N3/c1-13-11-16(17-9-4-5-10-18(17)20-13)12-19-21-14(2)7-6-8-15(21)3/h4-5,9-11,14-15,19H,6-8,12H2,1-3H3. The van der Waals surface area contributed by atoms with Crippen LogP contribution in [-0.2, 0) is 6.54 Å². The van der Waals surface area contributed by atoms with Gasteiger partial charge in [-0.25, -0.2) is 5.01 Å². The first-order chi connectivity index (χ1) is 10.1. The van der Waals surface area contributed by atoms with Gasteiger partial charge in [0.25, 0.3) is 0 Å². The molecule has 1 aromatic carbocycles. The first kappa shape index (κ1) is 14.5. The van der Waals surface area contributed by atoms with Crippen LogP contribution in [0.25, 0.3) is 10.9 Å². The smallest absolute Gasteiger partial charge is 0.0708 e. The van der Waals surface area contributed by atoms with Gasteiger partial charge in [0.05, 0.1) is 5.52 Å². The molecule has 2 atom stereocenters. The summed E-state index contributed by atoms with van der Waals surface area (Å²) in [5.41, 5.74) is 7.18. The van der Waals surface area contributed by atoms with Crippen molar-refractivity contribution in [2.75, 3.05) is 0 Å². The molecule has 0 saturated carbocycles. The van der Waals surface area contributed by atoms with E-state index in [1.807, 2.05) is 0 Å². The van der Waals surface area contributed by atoms with Gasteiger partial charge < -0.3 is 0 Å². The van der Waals surface area contributed by atoms with E-state index in [1.165, 1.54) is 30.2 Å². The molecule has 0 bridgehead atoms. The van der Waals surface area contributed by atoms with Crippen LogP contribution in [0.5, 0.6) is 0 Å². The zero-order valence-electron chi connectivity index (χ0n) is 13.3. The van der Waals surface area contributed by atoms with E-state index in [0.29, 0.717) is 12.1 Å². The number of nitrogens with one attached hydrogen (secondary N) is 1. The van der Waals surface area contributed by atoms with Crippen molar-refractivity contribution in [3.05, 3.63) is 41.6 Å². The highest BCUT2D eigenvalue weighted by molar-refractivity contribution is 5.82. The van der Waals surface area contributed by atoms with Crippen LogP contribution in [-0.4, -0.2) is 22.1 Å². The van der Waals surface area contributed by atoms with Crippen molar-refractivity contribution in [3.8, 4) is 0 Å². The van der Waals surface area contributed by atoms with Gasteiger partial charge in [0.15, 0.2) is 0 Å². The molecule has 1 fully saturated rings. The second-order valence-electron chi connectivity index (χ2n) is 6.31. The summed E-state index contributed by atoms with van der Waals surface area (Å²) in [6.07, 6.45) is 3.92. The van der Waals surface area contributed by atoms with E-state index < -0.39 is 0 Å². The second kappa shape index (κ2) is 6.12. The maximum atomic E-state index is 4.62. The molecule has 1 aliphatic heterocycles. The van der Waals surface area contributed by atoms with Crippen molar-refractivity contribution < 1.29 is 0 Å². The van der Waals surface area contributed by atoms with E-state index in [2.05, 4.69) is 66.5 Å². The number of hydrazine groups is 1. The number of hydrogen-bond donors (Lipinski definition) is 1. The number of benzene rings is 1. The summed E-state index contributed by atoms with van der Waals surface area (Å²) >= 11 is 0. The van der Waals surface area contributed by atoms with Crippen LogP contribution in [0.4, 0.5) is 0 Å². The largest absolute Gasteiger partial charge is 0.253 e. The predicted octanol–water partition coefficient (Wildman–Crippen LogP) is 3.81. The van der Waals surface area contributed by atoms with Gasteiger partial charge in [0.1, 0.15) is 0 Å². The maximum absolute atomic E-state index is 4.62. The van der Waals surface area contributed by atoms with Gasteiger partial charge in [-0.2, -0.15) is 0 Å². The normalized spacial score (nSPS) is 23.6. The maximum Gasteiger partial charge on any atom is 0.0708 e. The van der Waals surface area contributed by atoms with Crippen LogP contribution in [0, 0.1) is 6.92 Å². The molecule has 1 saturated heterocycles. The van der Waals surface area contributed by atoms with Crippen molar-refractivity contribution in [3.63, 3.8) is 0 Å². The van der Waals surface area contributed by atoms with Crippen molar-refractivity contribution >= 4 is 10.9 Å². The summed E-state index contributed by atoms with van der Waals surface area (Å²) in [7, 11) is 0. The van der Waals surface area contributed by atoms with E-state index in [0.717, 1.165) is 17.8 Å². The first-order valence-electron chi connectivity index (χ1n) is 8.02. The van der Waals surface area contributed by atoms with Gasteiger partial charge in [-0.1, -0.05) is 24.6 Å². The Kier molecular flexibility index (Phi) is 4.22. The monoisotopic (exact) mass is 283 g/mol. The van der Waals surface area contributed by atoms with Crippen LogP contribution < -0.4 is 5.43 Å². The van der Waals surface area contributed by atoms with Gasteiger partial charge in [-0.3, -0.25) is 10.4 Å².